The first-order valence-corrected chi connectivity index (χ1v) is 8.92. The molecule has 1 aromatic rings. The van der Waals surface area contributed by atoms with Crippen LogP contribution in [0.5, 0.6) is 0 Å². The van der Waals surface area contributed by atoms with Crippen LogP contribution in [0, 0.1) is 16.2 Å². The van der Waals surface area contributed by atoms with E-state index in [4.69, 9.17) is 0 Å². The summed E-state index contributed by atoms with van der Waals surface area (Å²) >= 11 is 0. The Morgan fingerprint density at radius 3 is 2.36 bits per heavy atom. The summed E-state index contributed by atoms with van der Waals surface area (Å²) in [5.74, 6) is -0.293. The molecule has 5 nitrogen and oxygen atoms in total. The number of carbonyl (C=O) groups is 2. The van der Waals surface area contributed by atoms with E-state index in [1.165, 1.54) is 0 Å². The van der Waals surface area contributed by atoms with Gasteiger partial charge in [-0.05, 0) is 44.2 Å². The molecule has 2 aliphatic rings. The Morgan fingerprint density at radius 1 is 1.12 bits per heavy atom. The van der Waals surface area contributed by atoms with E-state index in [1.807, 2.05) is 58.0 Å². The second-order valence-corrected chi connectivity index (χ2v) is 8.26. The quantitative estimate of drug-likeness (QED) is 0.651. The zero-order valence-electron chi connectivity index (χ0n) is 15.6. The van der Waals surface area contributed by atoms with Crippen molar-refractivity contribution in [1.82, 2.24) is 5.32 Å². The predicted octanol–water partition coefficient (Wildman–Crippen LogP) is 3.37. The second kappa shape index (κ2) is 5.68. The average Bonchev–Trinajstić information content (AvgIpc) is 2.82. The highest BCUT2D eigenvalue weighted by atomic mass is 16.2. The van der Waals surface area contributed by atoms with Gasteiger partial charge in [-0.15, -0.1) is 0 Å². The zero-order valence-corrected chi connectivity index (χ0v) is 15.6. The van der Waals surface area contributed by atoms with E-state index in [2.05, 4.69) is 22.8 Å². The second-order valence-electron chi connectivity index (χ2n) is 8.26. The lowest BCUT2D eigenvalue weighted by atomic mass is 9.64. The van der Waals surface area contributed by atoms with Gasteiger partial charge >= 0.3 is 0 Å². The standard InChI is InChI=1S/C20H27N3O2/c1-13(2)21-17(25)20-12-11-19(5,18(20,3)4)15(16(20)24)23-22-14-9-7-6-8-10-14/h6-10,13,22H,11-12H2,1-5H3,(H,21,25)/b23-15+. The monoisotopic (exact) mass is 341 g/mol. The summed E-state index contributed by atoms with van der Waals surface area (Å²) in [5.41, 5.74) is 2.40. The maximum atomic E-state index is 13.3. The molecule has 0 aromatic heterocycles. The van der Waals surface area contributed by atoms with Crippen LogP contribution in [-0.2, 0) is 9.59 Å². The van der Waals surface area contributed by atoms with E-state index < -0.39 is 16.2 Å². The number of nitrogens with zero attached hydrogens (tertiary/aromatic N) is 1. The van der Waals surface area contributed by atoms with Crippen molar-refractivity contribution in [1.29, 1.82) is 0 Å². The molecule has 0 radical (unpaired) electrons. The molecular formula is C20H27N3O2. The molecule has 0 aliphatic heterocycles. The van der Waals surface area contributed by atoms with Gasteiger partial charge in [-0.3, -0.25) is 15.0 Å². The maximum absolute atomic E-state index is 13.3. The molecule has 3 rings (SSSR count). The number of benzene rings is 1. The molecule has 2 bridgehead atoms. The van der Waals surface area contributed by atoms with Crippen molar-refractivity contribution in [2.45, 2.75) is 53.5 Å². The molecule has 0 spiro atoms. The van der Waals surface area contributed by atoms with E-state index in [0.29, 0.717) is 12.1 Å². The molecule has 2 saturated carbocycles. The van der Waals surface area contributed by atoms with Crippen LogP contribution in [0.15, 0.2) is 35.4 Å². The van der Waals surface area contributed by atoms with Crippen LogP contribution in [0.1, 0.15) is 47.5 Å². The number of hydrogen-bond donors (Lipinski definition) is 2. The third-order valence-electron chi connectivity index (χ3n) is 6.45. The number of nitrogens with one attached hydrogen (secondary N) is 2. The van der Waals surface area contributed by atoms with Gasteiger partial charge in [0.25, 0.3) is 0 Å². The van der Waals surface area contributed by atoms with Gasteiger partial charge in [0.05, 0.1) is 5.69 Å². The first-order chi connectivity index (χ1) is 11.7. The number of para-hydroxylation sites is 1. The van der Waals surface area contributed by atoms with Gasteiger partial charge in [0, 0.05) is 11.5 Å². The van der Waals surface area contributed by atoms with Crippen molar-refractivity contribution >= 4 is 23.1 Å². The molecule has 1 aromatic carbocycles. The normalized spacial score (nSPS) is 31.6. The highest BCUT2D eigenvalue weighted by molar-refractivity contribution is 6.50. The molecule has 2 aliphatic carbocycles. The summed E-state index contributed by atoms with van der Waals surface area (Å²) < 4.78 is 0. The molecule has 25 heavy (non-hydrogen) atoms. The topological polar surface area (TPSA) is 70.6 Å². The summed E-state index contributed by atoms with van der Waals surface area (Å²) in [4.78, 5) is 26.3. The van der Waals surface area contributed by atoms with Crippen LogP contribution in [0.3, 0.4) is 0 Å². The average molecular weight is 341 g/mol. The van der Waals surface area contributed by atoms with Crippen molar-refractivity contribution in [3.8, 4) is 0 Å². The number of rotatable bonds is 4. The molecule has 2 N–H and O–H groups in total. The van der Waals surface area contributed by atoms with Crippen LogP contribution < -0.4 is 10.7 Å². The lowest BCUT2D eigenvalue weighted by Crippen LogP contribution is -2.52. The van der Waals surface area contributed by atoms with Crippen LogP contribution in [0.25, 0.3) is 0 Å². The van der Waals surface area contributed by atoms with Crippen molar-refractivity contribution < 1.29 is 9.59 Å². The number of fused-ring (bicyclic) bond motifs is 2. The van der Waals surface area contributed by atoms with Gasteiger partial charge in [-0.25, -0.2) is 0 Å². The van der Waals surface area contributed by atoms with E-state index in [0.717, 1.165) is 12.1 Å². The zero-order chi connectivity index (χ0) is 18.5. The maximum Gasteiger partial charge on any atom is 0.234 e. The molecule has 2 fully saturated rings. The van der Waals surface area contributed by atoms with E-state index in [-0.39, 0.29) is 17.7 Å². The number of carbonyl (C=O) groups excluding carboxylic acids is 2. The first kappa shape index (κ1) is 17.6. The summed E-state index contributed by atoms with van der Waals surface area (Å²) in [6.45, 7) is 9.96. The number of hydrazone groups is 1. The Kier molecular flexibility index (Phi) is 4.01. The molecule has 0 heterocycles. The molecular weight excluding hydrogens is 314 g/mol. The minimum atomic E-state index is -1.02. The van der Waals surface area contributed by atoms with Crippen molar-refractivity contribution in [2.24, 2.45) is 21.3 Å². The summed E-state index contributed by atoms with van der Waals surface area (Å²) in [5, 5.41) is 7.43. The fourth-order valence-corrected chi connectivity index (χ4v) is 4.49. The summed E-state index contributed by atoms with van der Waals surface area (Å²) in [6.07, 6.45) is 1.37. The lowest BCUT2D eigenvalue weighted by Gasteiger charge is -2.38. The van der Waals surface area contributed by atoms with Crippen LogP contribution in [0.2, 0.25) is 0 Å². The minimum absolute atomic E-state index is 0.000707. The number of amides is 1. The van der Waals surface area contributed by atoms with Gasteiger partial charge in [0.15, 0.2) is 5.78 Å². The molecule has 2 unspecified atom stereocenters. The molecule has 134 valence electrons. The molecule has 1 amide bonds. The minimum Gasteiger partial charge on any atom is -0.353 e. The van der Waals surface area contributed by atoms with Crippen molar-refractivity contribution in [3.63, 3.8) is 0 Å². The fourth-order valence-electron chi connectivity index (χ4n) is 4.49. The van der Waals surface area contributed by atoms with E-state index in [1.54, 1.807) is 0 Å². The Bertz CT molecular complexity index is 739. The van der Waals surface area contributed by atoms with Gasteiger partial charge in [0.2, 0.25) is 5.91 Å². The van der Waals surface area contributed by atoms with Gasteiger partial charge < -0.3 is 5.32 Å². The third-order valence-corrected chi connectivity index (χ3v) is 6.45. The molecule has 5 heteroatoms. The third kappa shape index (κ3) is 2.25. The predicted molar refractivity (Wildman–Crippen MR) is 99.3 cm³/mol. The SMILES string of the molecule is CC(C)NC(=O)C12CCC(C)(/C(=N/Nc3ccccc3)C1=O)C2(C)C. The molecule has 2 atom stereocenters. The van der Waals surface area contributed by atoms with Gasteiger partial charge in [0.1, 0.15) is 11.1 Å². The van der Waals surface area contributed by atoms with E-state index >= 15 is 0 Å². The highest BCUT2D eigenvalue weighted by Crippen LogP contribution is 2.69. The van der Waals surface area contributed by atoms with Gasteiger partial charge in [-0.1, -0.05) is 39.0 Å². The number of ketones is 1. The number of Topliss-reactive ketones (excluding diaryl/α,β-unsaturated/α-hetero) is 1. The van der Waals surface area contributed by atoms with Crippen LogP contribution in [-0.4, -0.2) is 23.4 Å². The Hall–Kier alpha value is -2.17. The number of hydrogen-bond acceptors (Lipinski definition) is 4. The first-order valence-electron chi connectivity index (χ1n) is 8.92. The van der Waals surface area contributed by atoms with Crippen LogP contribution in [0.4, 0.5) is 5.69 Å². The van der Waals surface area contributed by atoms with Gasteiger partial charge in [-0.2, -0.15) is 5.10 Å². The summed E-state index contributed by atoms with van der Waals surface area (Å²) in [6, 6.07) is 9.55. The molecule has 0 saturated heterocycles. The fraction of sp³-hybridized carbons (Fsp3) is 0.550. The highest BCUT2D eigenvalue weighted by Gasteiger charge is 2.76. The van der Waals surface area contributed by atoms with E-state index in [9.17, 15) is 9.59 Å². The van der Waals surface area contributed by atoms with Crippen LogP contribution >= 0.6 is 0 Å². The Labute approximate surface area is 149 Å². The number of anilines is 1. The Balaban J connectivity index is 2.01. The van der Waals surface area contributed by atoms with Crippen molar-refractivity contribution in [3.05, 3.63) is 30.3 Å². The largest absolute Gasteiger partial charge is 0.353 e. The summed E-state index contributed by atoms with van der Waals surface area (Å²) in [7, 11) is 0. The van der Waals surface area contributed by atoms with Crippen molar-refractivity contribution in [2.75, 3.05) is 5.43 Å². The smallest absolute Gasteiger partial charge is 0.234 e. The lowest BCUT2D eigenvalue weighted by molar-refractivity contribution is -0.144. The Morgan fingerprint density at radius 2 is 1.76 bits per heavy atom.